The molecule has 2 N–H and O–H groups in total. The summed E-state index contributed by atoms with van der Waals surface area (Å²) >= 11 is 0. The smallest absolute Gasteiger partial charge is 0.0471 e. The lowest BCUT2D eigenvalue weighted by Gasteiger charge is -2.25. The lowest BCUT2D eigenvalue weighted by atomic mass is 9.88. The molecule has 0 aliphatic heterocycles. The molecule has 0 saturated carbocycles. The second kappa shape index (κ2) is 7.24. The van der Waals surface area contributed by atoms with E-state index in [9.17, 15) is 0 Å². The Kier molecular flexibility index (Phi) is 7.20. The number of aliphatic hydroxyl groups is 1. The number of hydrogen-bond donors (Lipinski definition) is 2. The molecule has 0 rings (SSSR count). The van der Waals surface area contributed by atoms with E-state index in [1.807, 2.05) is 0 Å². The van der Waals surface area contributed by atoms with Gasteiger partial charge in [-0.15, -0.1) is 0 Å². The fraction of sp³-hybridized carbons (Fsp3) is 1.00. The first-order chi connectivity index (χ1) is 6.55. The third-order valence-corrected chi connectivity index (χ3v) is 2.80. The van der Waals surface area contributed by atoms with Crippen molar-refractivity contribution in [1.82, 2.24) is 5.32 Å². The maximum atomic E-state index is 9.02. The van der Waals surface area contributed by atoms with Crippen LogP contribution in [-0.2, 0) is 0 Å². The van der Waals surface area contributed by atoms with Crippen molar-refractivity contribution >= 4 is 0 Å². The van der Waals surface area contributed by atoms with Gasteiger partial charge in [0.05, 0.1) is 0 Å². The van der Waals surface area contributed by atoms with Gasteiger partial charge in [0.1, 0.15) is 0 Å². The first-order valence-electron chi connectivity index (χ1n) is 5.87. The van der Waals surface area contributed by atoms with E-state index in [0.717, 1.165) is 19.5 Å². The van der Waals surface area contributed by atoms with Crippen molar-refractivity contribution in [1.29, 1.82) is 0 Å². The minimum Gasteiger partial charge on any atom is -0.396 e. The van der Waals surface area contributed by atoms with Crippen molar-refractivity contribution in [3.63, 3.8) is 0 Å². The Balaban J connectivity index is 3.60. The lowest BCUT2D eigenvalue weighted by molar-refractivity contribution is 0.210. The predicted molar refractivity (Wildman–Crippen MR) is 62.4 cm³/mol. The van der Waals surface area contributed by atoms with Crippen LogP contribution in [0.4, 0.5) is 0 Å². The molecule has 0 aliphatic carbocycles. The molecule has 1 unspecified atom stereocenters. The molecule has 0 saturated heterocycles. The Bertz CT molecular complexity index is 130. The van der Waals surface area contributed by atoms with Crippen LogP contribution in [-0.4, -0.2) is 24.8 Å². The molecule has 0 fully saturated rings. The van der Waals surface area contributed by atoms with Gasteiger partial charge in [-0.3, -0.25) is 0 Å². The fourth-order valence-electron chi connectivity index (χ4n) is 1.72. The molecule has 0 aromatic rings. The molecule has 0 aliphatic rings. The molecule has 0 amide bonds. The van der Waals surface area contributed by atoms with Crippen molar-refractivity contribution < 1.29 is 5.11 Å². The predicted octanol–water partition coefficient (Wildman–Crippen LogP) is 2.42. The molecule has 2 nitrogen and oxygen atoms in total. The fourth-order valence-corrected chi connectivity index (χ4v) is 1.72. The molecule has 14 heavy (non-hydrogen) atoms. The van der Waals surface area contributed by atoms with E-state index in [1.165, 1.54) is 12.8 Å². The minimum absolute atomic E-state index is 0.303. The maximum absolute atomic E-state index is 9.02. The van der Waals surface area contributed by atoms with E-state index in [-0.39, 0.29) is 0 Å². The summed E-state index contributed by atoms with van der Waals surface area (Å²) in [4.78, 5) is 0. The number of nitrogens with one attached hydrogen (secondary N) is 1. The van der Waals surface area contributed by atoms with Gasteiger partial charge in [-0.25, -0.2) is 0 Å². The van der Waals surface area contributed by atoms with E-state index in [2.05, 4.69) is 33.0 Å². The molecular formula is C12H27NO. The highest BCUT2D eigenvalue weighted by Crippen LogP contribution is 2.20. The Morgan fingerprint density at radius 1 is 1.29 bits per heavy atom. The van der Waals surface area contributed by atoms with Crippen molar-refractivity contribution in [2.24, 2.45) is 11.3 Å². The highest BCUT2D eigenvalue weighted by molar-refractivity contribution is 4.71. The lowest BCUT2D eigenvalue weighted by Crippen LogP contribution is -2.33. The van der Waals surface area contributed by atoms with Gasteiger partial charge >= 0.3 is 0 Å². The summed E-state index contributed by atoms with van der Waals surface area (Å²) in [6.45, 7) is 11.2. The highest BCUT2D eigenvalue weighted by atomic mass is 16.3. The SMILES string of the molecule is CCCC(C)(C)CNCC(CC)CO. The summed E-state index contributed by atoms with van der Waals surface area (Å²) in [6, 6.07) is 0. The van der Waals surface area contributed by atoms with Crippen LogP contribution in [0.25, 0.3) is 0 Å². The van der Waals surface area contributed by atoms with E-state index in [0.29, 0.717) is 17.9 Å². The van der Waals surface area contributed by atoms with E-state index < -0.39 is 0 Å². The monoisotopic (exact) mass is 201 g/mol. The van der Waals surface area contributed by atoms with Gasteiger partial charge in [-0.05, 0) is 24.2 Å². The second-order valence-electron chi connectivity index (χ2n) is 5.00. The van der Waals surface area contributed by atoms with Crippen LogP contribution in [0.15, 0.2) is 0 Å². The molecule has 86 valence electrons. The third kappa shape index (κ3) is 6.39. The number of rotatable bonds is 8. The normalized spacial score (nSPS) is 14.4. The summed E-state index contributed by atoms with van der Waals surface area (Å²) in [7, 11) is 0. The van der Waals surface area contributed by atoms with E-state index >= 15 is 0 Å². The molecule has 0 radical (unpaired) electrons. The zero-order valence-corrected chi connectivity index (χ0v) is 10.3. The van der Waals surface area contributed by atoms with Crippen LogP contribution in [0.3, 0.4) is 0 Å². The summed E-state index contributed by atoms with van der Waals surface area (Å²) in [5.74, 6) is 0.424. The summed E-state index contributed by atoms with van der Waals surface area (Å²) in [6.07, 6.45) is 3.56. The zero-order chi connectivity index (χ0) is 11.0. The van der Waals surface area contributed by atoms with Gasteiger partial charge < -0.3 is 10.4 Å². The van der Waals surface area contributed by atoms with Crippen LogP contribution in [0.2, 0.25) is 0 Å². The highest BCUT2D eigenvalue weighted by Gasteiger charge is 2.16. The topological polar surface area (TPSA) is 32.3 Å². The molecule has 0 spiro atoms. The third-order valence-electron chi connectivity index (χ3n) is 2.80. The average Bonchev–Trinajstić information content (AvgIpc) is 2.12. The van der Waals surface area contributed by atoms with Gasteiger partial charge in [0.15, 0.2) is 0 Å². The second-order valence-corrected chi connectivity index (χ2v) is 5.00. The standard InChI is InChI=1S/C12H27NO/c1-5-7-12(3,4)10-13-8-11(6-2)9-14/h11,13-14H,5-10H2,1-4H3. The van der Waals surface area contributed by atoms with Gasteiger partial charge in [-0.1, -0.05) is 34.1 Å². The van der Waals surface area contributed by atoms with Gasteiger partial charge in [0.25, 0.3) is 0 Å². The van der Waals surface area contributed by atoms with Crippen molar-refractivity contribution in [2.75, 3.05) is 19.7 Å². The van der Waals surface area contributed by atoms with E-state index in [4.69, 9.17) is 5.11 Å². The molecule has 0 heterocycles. The molecule has 2 heteroatoms. The molecule has 0 aromatic carbocycles. The van der Waals surface area contributed by atoms with Crippen LogP contribution in [0.5, 0.6) is 0 Å². The molecule has 0 aromatic heterocycles. The minimum atomic E-state index is 0.303. The summed E-state index contributed by atoms with van der Waals surface area (Å²) in [5.41, 5.74) is 0.391. The maximum Gasteiger partial charge on any atom is 0.0471 e. The largest absolute Gasteiger partial charge is 0.396 e. The van der Waals surface area contributed by atoms with Crippen molar-refractivity contribution in [3.05, 3.63) is 0 Å². The van der Waals surface area contributed by atoms with Crippen LogP contribution >= 0.6 is 0 Å². The summed E-state index contributed by atoms with van der Waals surface area (Å²) < 4.78 is 0. The Morgan fingerprint density at radius 2 is 1.93 bits per heavy atom. The van der Waals surface area contributed by atoms with Crippen molar-refractivity contribution in [2.45, 2.75) is 47.0 Å². The summed E-state index contributed by atoms with van der Waals surface area (Å²) in [5, 5.41) is 12.5. The number of hydrogen-bond acceptors (Lipinski definition) is 2. The van der Waals surface area contributed by atoms with E-state index in [1.54, 1.807) is 0 Å². The number of aliphatic hydroxyl groups excluding tert-OH is 1. The van der Waals surface area contributed by atoms with Gasteiger partial charge in [0, 0.05) is 19.7 Å². The Hall–Kier alpha value is -0.0800. The van der Waals surface area contributed by atoms with Crippen LogP contribution in [0, 0.1) is 11.3 Å². The zero-order valence-electron chi connectivity index (χ0n) is 10.3. The molecule has 1 atom stereocenters. The van der Waals surface area contributed by atoms with Crippen molar-refractivity contribution in [3.8, 4) is 0 Å². The van der Waals surface area contributed by atoms with Crippen LogP contribution < -0.4 is 5.32 Å². The molecule has 0 bridgehead atoms. The first-order valence-corrected chi connectivity index (χ1v) is 5.87. The Morgan fingerprint density at radius 3 is 2.36 bits per heavy atom. The first kappa shape index (κ1) is 13.9. The van der Waals surface area contributed by atoms with Gasteiger partial charge in [-0.2, -0.15) is 0 Å². The Labute approximate surface area is 89.1 Å². The van der Waals surface area contributed by atoms with Gasteiger partial charge in [0.2, 0.25) is 0 Å². The molecular weight excluding hydrogens is 174 g/mol. The van der Waals surface area contributed by atoms with Crippen LogP contribution in [0.1, 0.15) is 47.0 Å². The average molecular weight is 201 g/mol. The quantitative estimate of drug-likeness (QED) is 0.632.